The predicted molar refractivity (Wildman–Crippen MR) is 141 cm³/mol. The molecule has 14 nitrogen and oxygen atoms in total. The summed E-state index contributed by atoms with van der Waals surface area (Å²) in [5.74, 6) is -3.76. The Bertz CT molecular complexity index is 1620. The number of nitrogens with zero attached hydrogens (tertiary/aromatic N) is 1. The van der Waals surface area contributed by atoms with Gasteiger partial charge in [-0.05, 0) is 31.5 Å². The number of carbonyl (C=O) groups is 2. The van der Waals surface area contributed by atoms with Crippen LogP contribution in [0.4, 0.5) is 0 Å². The van der Waals surface area contributed by atoms with Crippen molar-refractivity contribution in [1.29, 1.82) is 5.41 Å². The molecule has 41 heavy (non-hydrogen) atoms. The third-order valence-corrected chi connectivity index (χ3v) is 7.61. The van der Waals surface area contributed by atoms with Gasteiger partial charge in [-0.25, -0.2) is 5.10 Å². The number of esters is 1. The second-order valence-corrected chi connectivity index (χ2v) is 10.7. The maximum absolute atomic E-state index is 14.1. The van der Waals surface area contributed by atoms with Gasteiger partial charge in [0.05, 0.1) is 52.7 Å². The Labute approximate surface area is 232 Å². The van der Waals surface area contributed by atoms with E-state index in [0.29, 0.717) is 0 Å². The number of aromatic hydroxyl groups is 1. The molecule has 0 unspecified atom stereocenters. The van der Waals surface area contributed by atoms with Crippen molar-refractivity contribution in [1.82, 2.24) is 15.5 Å². The number of aromatic amines is 1. The second kappa shape index (κ2) is 10.6. The molecule has 1 spiro atoms. The highest BCUT2D eigenvalue weighted by atomic mass is 16.7. The molecule has 0 aliphatic carbocycles. The van der Waals surface area contributed by atoms with Gasteiger partial charge in [0.1, 0.15) is 12.2 Å². The van der Waals surface area contributed by atoms with Gasteiger partial charge in [-0.2, -0.15) is 5.10 Å². The Morgan fingerprint density at radius 2 is 2.02 bits per heavy atom. The van der Waals surface area contributed by atoms with Crippen molar-refractivity contribution < 1.29 is 44.2 Å². The van der Waals surface area contributed by atoms with Gasteiger partial charge in [0.15, 0.2) is 5.43 Å². The van der Waals surface area contributed by atoms with Crippen LogP contribution in [0.1, 0.15) is 44.7 Å². The number of carbonyl (C=O) groups excluding carboxylic acids is 2. The molecule has 3 heterocycles. The summed E-state index contributed by atoms with van der Waals surface area (Å²) in [4.78, 5) is 38.9. The zero-order valence-corrected chi connectivity index (χ0v) is 22.6. The van der Waals surface area contributed by atoms with Crippen LogP contribution >= 0.6 is 0 Å². The molecule has 5 rings (SSSR count). The molecule has 1 saturated heterocycles. The van der Waals surface area contributed by atoms with Gasteiger partial charge in [-0.1, -0.05) is 0 Å². The summed E-state index contributed by atoms with van der Waals surface area (Å²) in [6, 6.07) is 2.77. The smallest absolute Gasteiger partial charge is 0.303 e. The molecule has 0 saturated carbocycles. The number of aliphatic hydroxyl groups excluding tert-OH is 3. The number of hydrogen-bond acceptors (Lipinski definition) is 12. The van der Waals surface area contributed by atoms with E-state index in [4.69, 9.17) is 19.6 Å². The first-order valence-electron chi connectivity index (χ1n) is 13.2. The third-order valence-electron chi connectivity index (χ3n) is 7.61. The molecule has 3 aromatic rings. The van der Waals surface area contributed by atoms with Gasteiger partial charge >= 0.3 is 5.97 Å². The Morgan fingerprint density at radius 3 is 2.71 bits per heavy atom. The quantitative estimate of drug-likeness (QED) is 0.180. The fourth-order valence-corrected chi connectivity index (χ4v) is 5.79. The van der Waals surface area contributed by atoms with Crippen LogP contribution in [0, 0.1) is 5.41 Å². The molecule has 0 bridgehead atoms. The first-order chi connectivity index (χ1) is 19.3. The summed E-state index contributed by atoms with van der Waals surface area (Å²) in [5, 5.41) is 59.4. The van der Waals surface area contributed by atoms with Gasteiger partial charge in [-0.3, -0.25) is 14.4 Å². The maximum Gasteiger partial charge on any atom is 0.303 e. The Morgan fingerprint density at radius 1 is 1.29 bits per heavy atom. The number of benzene rings is 2. The molecule has 220 valence electrons. The molecule has 1 aromatic heterocycles. The standard InChI is InChI=1S/C27H32N4O10/c1-10-6-18(39-12(3)33)25(37)27(40-10)22-15(7-13(41-27)8-19(35)29-9-17(34)11(2)32)23-20-14(24(22)36)4-5-16(28)21(20)26(38)31-30-23/h4-5,10-11,13,17-18,25,28,31-32,34,37-38H,6-9H2,1-3H3,(H,29,35)/t10-,11+,13+,17-,18-,25-,27+/m0/s1. The van der Waals surface area contributed by atoms with Crippen molar-refractivity contribution in [3.63, 3.8) is 0 Å². The number of ether oxygens (including phenoxy) is 3. The first-order valence-corrected chi connectivity index (χ1v) is 13.2. The lowest BCUT2D eigenvalue weighted by molar-refractivity contribution is -0.365. The Kier molecular flexibility index (Phi) is 7.46. The Hall–Kier alpha value is -3.69. The lowest BCUT2D eigenvalue weighted by atomic mass is 9.80. The minimum absolute atomic E-state index is 0.0414. The van der Waals surface area contributed by atoms with Crippen LogP contribution in [-0.2, 0) is 36.0 Å². The maximum atomic E-state index is 14.1. The number of fused-ring (bicyclic) bond motifs is 3. The van der Waals surface area contributed by atoms with Crippen LogP contribution in [0.5, 0.6) is 5.88 Å². The van der Waals surface area contributed by atoms with Crippen LogP contribution in [0.15, 0.2) is 16.9 Å². The van der Waals surface area contributed by atoms with E-state index in [1.54, 1.807) is 6.92 Å². The average Bonchev–Trinajstić information content (AvgIpc) is 2.89. The summed E-state index contributed by atoms with van der Waals surface area (Å²) in [6.07, 6.45) is -6.92. The van der Waals surface area contributed by atoms with E-state index in [9.17, 15) is 34.8 Å². The van der Waals surface area contributed by atoms with E-state index in [0.717, 1.165) is 0 Å². The first kappa shape index (κ1) is 28.8. The number of nitrogens with one attached hydrogen (secondary N) is 3. The number of aliphatic hydroxyl groups is 3. The zero-order valence-electron chi connectivity index (χ0n) is 22.6. The van der Waals surface area contributed by atoms with E-state index in [1.807, 2.05) is 0 Å². The molecule has 1 fully saturated rings. The van der Waals surface area contributed by atoms with Crippen molar-refractivity contribution in [2.75, 3.05) is 6.54 Å². The molecule has 1 amide bonds. The number of H-pyrrole nitrogens is 1. The van der Waals surface area contributed by atoms with Crippen LogP contribution in [0.2, 0.25) is 0 Å². The van der Waals surface area contributed by atoms with Crippen molar-refractivity contribution >= 4 is 33.6 Å². The molecule has 14 heteroatoms. The predicted octanol–water partition coefficient (Wildman–Crippen LogP) is -0.857. The van der Waals surface area contributed by atoms with E-state index in [-0.39, 0.29) is 64.0 Å². The summed E-state index contributed by atoms with van der Waals surface area (Å²) in [6.45, 7) is 4.01. The lowest BCUT2D eigenvalue weighted by Crippen LogP contribution is -2.62. The van der Waals surface area contributed by atoms with Gasteiger partial charge in [0.25, 0.3) is 0 Å². The molecule has 7 N–H and O–H groups in total. The van der Waals surface area contributed by atoms with Crippen LogP contribution in [0.3, 0.4) is 0 Å². The van der Waals surface area contributed by atoms with Gasteiger partial charge < -0.3 is 45.4 Å². The van der Waals surface area contributed by atoms with Crippen LogP contribution < -0.4 is 16.1 Å². The van der Waals surface area contributed by atoms with E-state index < -0.39 is 65.6 Å². The number of aromatic nitrogens is 2. The average molecular weight is 573 g/mol. The largest absolute Gasteiger partial charge is 0.493 e. The molecule has 0 radical (unpaired) electrons. The SMILES string of the molecule is CC(=O)O[C@H]1C[C@H](C)O[C@]2(O[C@@H](CC(=O)NC[C@H](O)[C@@H](C)O)Cc3c2c(=O)c2ccc(=N)c4c(O)[nH]nc3c24)[C@H]1O. The van der Waals surface area contributed by atoms with Gasteiger partial charge in [0.2, 0.25) is 17.6 Å². The number of rotatable bonds is 6. The fraction of sp³-hybridized carbons (Fsp3) is 0.519. The molecule has 2 aliphatic heterocycles. The van der Waals surface area contributed by atoms with Crippen molar-refractivity contribution in [3.05, 3.63) is 38.8 Å². The molecule has 2 aromatic carbocycles. The van der Waals surface area contributed by atoms with Crippen molar-refractivity contribution in [2.45, 2.75) is 82.4 Å². The second-order valence-electron chi connectivity index (χ2n) is 10.7. The highest BCUT2D eigenvalue weighted by Gasteiger charge is 2.58. The normalized spacial score (nSPS) is 27.5. The summed E-state index contributed by atoms with van der Waals surface area (Å²) >= 11 is 0. The summed E-state index contributed by atoms with van der Waals surface area (Å²) in [7, 11) is 0. The van der Waals surface area contributed by atoms with E-state index in [2.05, 4.69) is 15.5 Å². The molecule has 2 aliphatic rings. The summed E-state index contributed by atoms with van der Waals surface area (Å²) in [5.41, 5.74) is -0.181. The highest BCUT2D eigenvalue weighted by molar-refractivity contribution is 6.11. The topological polar surface area (TPSA) is 224 Å². The lowest BCUT2D eigenvalue weighted by Gasteiger charge is -2.50. The number of hydrogen-bond donors (Lipinski definition) is 7. The van der Waals surface area contributed by atoms with Crippen molar-refractivity contribution in [3.8, 4) is 5.88 Å². The number of amides is 1. The fourth-order valence-electron chi connectivity index (χ4n) is 5.79. The van der Waals surface area contributed by atoms with E-state index in [1.165, 1.54) is 26.0 Å². The van der Waals surface area contributed by atoms with Gasteiger partial charge in [-0.15, -0.1) is 0 Å². The highest BCUT2D eigenvalue weighted by Crippen LogP contribution is 2.47. The summed E-state index contributed by atoms with van der Waals surface area (Å²) < 4.78 is 17.9. The monoisotopic (exact) mass is 572 g/mol. The van der Waals surface area contributed by atoms with Gasteiger partial charge in [0, 0.05) is 37.1 Å². The zero-order chi connectivity index (χ0) is 29.8. The van der Waals surface area contributed by atoms with Crippen LogP contribution in [-0.4, -0.2) is 85.7 Å². The Balaban J connectivity index is 1.69. The molecular weight excluding hydrogens is 540 g/mol. The minimum Gasteiger partial charge on any atom is -0.493 e. The van der Waals surface area contributed by atoms with Crippen molar-refractivity contribution in [2.24, 2.45) is 0 Å². The molecule has 7 atom stereocenters. The molecular formula is C27H32N4O10. The third kappa shape index (κ3) is 4.91. The van der Waals surface area contributed by atoms with Crippen LogP contribution in [0.25, 0.3) is 21.7 Å². The minimum atomic E-state index is -2.16. The van der Waals surface area contributed by atoms with E-state index >= 15 is 0 Å².